The van der Waals surface area contributed by atoms with Crippen LogP contribution < -0.4 is 0 Å². The van der Waals surface area contributed by atoms with Crippen LogP contribution in [-0.4, -0.2) is 42.4 Å². The Morgan fingerprint density at radius 2 is 1.91 bits per heavy atom. The first-order valence-electron chi connectivity index (χ1n) is 3.22. The molecule has 1 rings (SSSR count). The first-order chi connectivity index (χ1) is 5.25. The normalized spacial score (nSPS) is 19.2. The van der Waals surface area contributed by atoms with Gasteiger partial charge in [0.1, 0.15) is 13.2 Å². The zero-order chi connectivity index (χ0) is 8.27. The molecular formula is C6H8ClNO3. The standard InChI is InChI=1S/C6H8ClNO3/c7-1-2-8-5(9)3-11-4-6(8)10/h1-4H2. The van der Waals surface area contributed by atoms with Crippen LogP contribution in [-0.2, 0) is 14.3 Å². The van der Waals surface area contributed by atoms with Gasteiger partial charge in [-0.25, -0.2) is 0 Å². The van der Waals surface area contributed by atoms with Crippen molar-refractivity contribution in [1.29, 1.82) is 0 Å². The fourth-order valence-electron chi connectivity index (χ4n) is 0.854. The van der Waals surface area contributed by atoms with Gasteiger partial charge < -0.3 is 4.74 Å². The molecule has 1 fully saturated rings. The Kier molecular flexibility index (Phi) is 2.84. The van der Waals surface area contributed by atoms with Crippen molar-refractivity contribution in [3.8, 4) is 0 Å². The molecule has 0 unspecified atom stereocenters. The van der Waals surface area contributed by atoms with Gasteiger partial charge in [-0.05, 0) is 0 Å². The van der Waals surface area contributed by atoms with Crippen LogP contribution in [0.15, 0.2) is 0 Å². The summed E-state index contributed by atoms with van der Waals surface area (Å²) in [6.07, 6.45) is 0. The van der Waals surface area contributed by atoms with Crippen molar-refractivity contribution in [2.45, 2.75) is 0 Å². The predicted octanol–water partition coefficient (Wildman–Crippen LogP) is -0.389. The predicted molar refractivity (Wildman–Crippen MR) is 38.3 cm³/mol. The van der Waals surface area contributed by atoms with E-state index in [4.69, 9.17) is 11.6 Å². The quantitative estimate of drug-likeness (QED) is 0.426. The summed E-state index contributed by atoms with van der Waals surface area (Å²) < 4.78 is 4.69. The molecule has 0 saturated carbocycles. The average molecular weight is 178 g/mol. The van der Waals surface area contributed by atoms with Gasteiger partial charge in [0.25, 0.3) is 11.8 Å². The minimum atomic E-state index is -0.304. The monoisotopic (exact) mass is 177 g/mol. The molecule has 5 heteroatoms. The van der Waals surface area contributed by atoms with E-state index in [9.17, 15) is 9.59 Å². The molecule has 1 saturated heterocycles. The summed E-state index contributed by atoms with van der Waals surface area (Å²) in [6, 6.07) is 0. The summed E-state index contributed by atoms with van der Waals surface area (Å²) in [7, 11) is 0. The lowest BCUT2D eigenvalue weighted by Crippen LogP contribution is -2.46. The summed E-state index contributed by atoms with van der Waals surface area (Å²) in [6.45, 7) is 0.258. The number of halogens is 1. The summed E-state index contributed by atoms with van der Waals surface area (Å²) >= 11 is 5.38. The molecule has 2 amide bonds. The molecule has 1 heterocycles. The number of morpholine rings is 1. The number of amides is 2. The van der Waals surface area contributed by atoms with Crippen LogP contribution in [0.2, 0.25) is 0 Å². The molecule has 0 aromatic carbocycles. The smallest absolute Gasteiger partial charge is 0.255 e. The van der Waals surface area contributed by atoms with Crippen LogP contribution in [0.5, 0.6) is 0 Å². The number of alkyl halides is 1. The Labute approximate surface area is 69.1 Å². The third-order valence-corrected chi connectivity index (χ3v) is 1.53. The Morgan fingerprint density at radius 1 is 1.36 bits per heavy atom. The molecule has 0 aromatic heterocycles. The number of rotatable bonds is 2. The lowest BCUT2D eigenvalue weighted by molar-refractivity contribution is -0.158. The van der Waals surface area contributed by atoms with Gasteiger partial charge >= 0.3 is 0 Å². The third kappa shape index (κ3) is 1.91. The SMILES string of the molecule is O=C1COCC(=O)N1CCCl. The Hall–Kier alpha value is -0.610. The van der Waals surface area contributed by atoms with Crippen LogP contribution >= 0.6 is 11.6 Å². The van der Waals surface area contributed by atoms with Crippen molar-refractivity contribution in [3.63, 3.8) is 0 Å². The molecule has 1 aliphatic heterocycles. The number of carbonyl (C=O) groups is 2. The highest BCUT2D eigenvalue weighted by molar-refractivity contribution is 6.18. The summed E-state index contributed by atoms with van der Waals surface area (Å²) in [5.74, 6) is -0.332. The second-order valence-electron chi connectivity index (χ2n) is 2.12. The van der Waals surface area contributed by atoms with Crippen molar-refractivity contribution in [2.75, 3.05) is 25.6 Å². The highest BCUT2D eigenvalue weighted by Crippen LogP contribution is 2.00. The van der Waals surface area contributed by atoms with Gasteiger partial charge in [-0.1, -0.05) is 0 Å². The molecule has 4 nitrogen and oxygen atoms in total. The number of ether oxygens (including phenoxy) is 1. The summed E-state index contributed by atoms with van der Waals surface area (Å²) in [4.78, 5) is 23.0. The van der Waals surface area contributed by atoms with Gasteiger partial charge in [-0.15, -0.1) is 11.6 Å². The van der Waals surface area contributed by atoms with E-state index in [0.29, 0.717) is 0 Å². The van der Waals surface area contributed by atoms with Crippen molar-refractivity contribution < 1.29 is 14.3 Å². The van der Waals surface area contributed by atoms with E-state index in [-0.39, 0.29) is 37.5 Å². The maximum Gasteiger partial charge on any atom is 0.255 e. The van der Waals surface area contributed by atoms with Gasteiger partial charge in [0.15, 0.2) is 0 Å². The van der Waals surface area contributed by atoms with Gasteiger partial charge in [0, 0.05) is 12.4 Å². The van der Waals surface area contributed by atoms with Crippen LogP contribution in [0.4, 0.5) is 0 Å². The Bertz CT molecular complexity index is 167. The minimum absolute atomic E-state index is 0.0113. The molecule has 62 valence electrons. The highest BCUT2D eigenvalue weighted by atomic mass is 35.5. The second-order valence-corrected chi connectivity index (χ2v) is 2.50. The molecule has 11 heavy (non-hydrogen) atoms. The molecule has 0 spiro atoms. The third-order valence-electron chi connectivity index (χ3n) is 1.36. The molecule has 0 radical (unpaired) electrons. The molecule has 0 bridgehead atoms. The van der Waals surface area contributed by atoms with Gasteiger partial charge in [-0.3, -0.25) is 14.5 Å². The van der Waals surface area contributed by atoms with Crippen molar-refractivity contribution in [3.05, 3.63) is 0 Å². The maximum atomic E-state index is 10.9. The number of hydrogen-bond donors (Lipinski definition) is 0. The lowest BCUT2D eigenvalue weighted by Gasteiger charge is -2.23. The van der Waals surface area contributed by atoms with Crippen LogP contribution in [0, 0.1) is 0 Å². The van der Waals surface area contributed by atoms with Crippen molar-refractivity contribution >= 4 is 23.4 Å². The highest BCUT2D eigenvalue weighted by Gasteiger charge is 2.25. The minimum Gasteiger partial charge on any atom is -0.362 e. The second kappa shape index (κ2) is 3.69. The van der Waals surface area contributed by atoms with Crippen LogP contribution in [0.25, 0.3) is 0 Å². The van der Waals surface area contributed by atoms with E-state index < -0.39 is 0 Å². The fourth-order valence-corrected chi connectivity index (χ4v) is 1.02. The molecule has 0 aliphatic carbocycles. The number of nitrogens with zero attached hydrogens (tertiary/aromatic N) is 1. The molecular weight excluding hydrogens is 170 g/mol. The van der Waals surface area contributed by atoms with E-state index in [1.165, 1.54) is 0 Å². The molecule has 0 N–H and O–H groups in total. The lowest BCUT2D eigenvalue weighted by atomic mass is 10.4. The Morgan fingerprint density at radius 3 is 2.36 bits per heavy atom. The molecule has 0 atom stereocenters. The van der Waals surface area contributed by atoms with Crippen LogP contribution in [0.3, 0.4) is 0 Å². The summed E-state index contributed by atoms with van der Waals surface area (Å²) in [5, 5.41) is 0. The van der Waals surface area contributed by atoms with Gasteiger partial charge in [-0.2, -0.15) is 0 Å². The van der Waals surface area contributed by atoms with E-state index in [2.05, 4.69) is 4.74 Å². The van der Waals surface area contributed by atoms with Crippen molar-refractivity contribution in [1.82, 2.24) is 4.90 Å². The Balaban J connectivity index is 2.55. The zero-order valence-electron chi connectivity index (χ0n) is 5.88. The first kappa shape index (κ1) is 8.49. The number of hydrogen-bond acceptors (Lipinski definition) is 3. The average Bonchev–Trinajstić information content (AvgIpc) is 1.97. The van der Waals surface area contributed by atoms with E-state index >= 15 is 0 Å². The topological polar surface area (TPSA) is 46.6 Å². The van der Waals surface area contributed by atoms with E-state index in [1.54, 1.807) is 0 Å². The number of carbonyl (C=O) groups excluding carboxylic acids is 2. The van der Waals surface area contributed by atoms with E-state index in [0.717, 1.165) is 4.90 Å². The van der Waals surface area contributed by atoms with Crippen molar-refractivity contribution in [2.24, 2.45) is 0 Å². The van der Waals surface area contributed by atoms with Gasteiger partial charge in [0.05, 0.1) is 0 Å². The summed E-state index contributed by atoms with van der Waals surface area (Å²) in [5.41, 5.74) is 0. The van der Waals surface area contributed by atoms with E-state index in [1.807, 2.05) is 0 Å². The largest absolute Gasteiger partial charge is 0.362 e. The molecule has 0 aromatic rings. The van der Waals surface area contributed by atoms with Crippen LogP contribution in [0.1, 0.15) is 0 Å². The zero-order valence-corrected chi connectivity index (χ0v) is 6.63. The fraction of sp³-hybridized carbons (Fsp3) is 0.667. The molecule has 1 aliphatic rings. The number of imide groups is 1. The first-order valence-corrected chi connectivity index (χ1v) is 3.76. The van der Waals surface area contributed by atoms with Gasteiger partial charge in [0.2, 0.25) is 0 Å². The maximum absolute atomic E-state index is 10.9.